The van der Waals surface area contributed by atoms with Crippen molar-refractivity contribution in [2.45, 2.75) is 12.8 Å². The predicted octanol–water partition coefficient (Wildman–Crippen LogP) is 2.12. The Hall–Kier alpha value is -2.23. The van der Waals surface area contributed by atoms with Crippen molar-refractivity contribution in [3.05, 3.63) is 65.7 Å². The highest BCUT2D eigenvalue weighted by atomic mass is 19.1. The molecule has 1 heterocycles. The van der Waals surface area contributed by atoms with Crippen LogP contribution in [0.5, 0.6) is 0 Å². The molecule has 4 heteroatoms. The van der Waals surface area contributed by atoms with Gasteiger partial charge in [-0.25, -0.2) is 4.39 Å². The topological polar surface area (TPSA) is 42.0 Å². The molecule has 0 atom stereocenters. The quantitative estimate of drug-likeness (QED) is 0.892. The molecule has 0 aliphatic rings. The van der Waals surface area contributed by atoms with Crippen LogP contribution in [-0.2, 0) is 17.6 Å². The number of aromatic nitrogens is 1. The smallest absolute Gasteiger partial charge is 0.224 e. The largest absolute Gasteiger partial charge is 0.355 e. The van der Waals surface area contributed by atoms with E-state index in [1.165, 1.54) is 6.07 Å². The van der Waals surface area contributed by atoms with Gasteiger partial charge in [-0.2, -0.15) is 0 Å². The molecule has 0 radical (unpaired) electrons. The monoisotopic (exact) mass is 258 g/mol. The molecule has 3 nitrogen and oxygen atoms in total. The number of hydrogen-bond donors (Lipinski definition) is 1. The van der Waals surface area contributed by atoms with Crippen molar-refractivity contribution in [2.24, 2.45) is 0 Å². The first-order valence-corrected chi connectivity index (χ1v) is 6.15. The minimum Gasteiger partial charge on any atom is -0.355 e. The van der Waals surface area contributed by atoms with E-state index in [2.05, 4.69) is 10.3 Å². The Kier molecular flexibility index (Phi) is 4.61. The van der Waals surface area contributed by atoms with E-state index in [0.717, 1.165) is 5.56 Å². The summed E-state index contributed by atoms with van der Waals surface area (Å²) in [5.74, 6) is -0.312. The second kappa shape index (κ2) is 6.64. The Morgan fingerprint density at radius 1 is 1.21 bits per heavy atom. The van der Waals surface area contributed by atoms with Gasteiger partial charge in [-0.15, -0.1) is 0 Å². The average molecular weight is 258 g/mol. The summed E-state index contributed by atoms with van der Waals surface area (Å²) in [5, 5.41) is 2.77. The Morgan fingerprint density at radius 3 is 2.79 bits per heavy atom. The predicted molar refractivity (Wildman–Crippen MR) is 71.1 cm³/mol. The second-order valence-corrected chi connectivity index (χ2v) is 4.23. The molecular weight excluding hydrogens is 243 g/mol. The third kappa shape index (κ3) is 4.17. The van der Waals surface area contributed by atoms with E-state index < -0.39 is 0 Å². The van der Waals surface area contributed by atoms with Gasteiger partial charge < -0.3 is 5.32 Å². The molecule has 1 aromatic carbocycles. The van der Waals surface area contributed by atoms with E-state index in [9.17, 15) is 9.18 Å². The van der Waals surface area contributed by atoms with Crippen LogP contribution in [0, 0.1) is 5.82 Å². The number of benzene rings is 1. The van der Waals surface area contributed by atoms with Gasteiger partial charge in [-0.1, -0.05) is 24.3 Å². The zero-order chi connectivity index (χ0) is 13.5. The summed E-state index contributed by atoms with van der Waals surface area (Å²) >= 11 is 0. The van der Waals surface area contributed by atoms with E-state index in [1.54, 1.807) is 36.7 Å². The van der Waals surface area contributed by atoms with Crippen LogP contribution in [-0.4, -0.2) is 17.4 Å². The fourth-order valence-electron chi connectivity index (χ4n) is 1.79. The number of rotatable bonds is 5. The SMILES string of the molecule is O=C(Cc1cccnc1)NCCc1ccccc1F. The van der Waals surface area contributed by atoms with Crippen LogP contribution in [0.3, 0.4) is 0 Å². The minimum absolute atomic E-state index is 0.0793. The number of carbonyl (C=O) groups is 1. The third-order valence-electron chi connectivity index (χ3n) is 2.76. The van der Waals surface area contributed by atoms with Gasteiger partial charge in [-0.3, -0.25) is 9.78 Å². The lowest BCUT2D eigenvalue weighted by Crippen LogP contribution is -2.27. The van der Waals surface area contributed by atoms with Crippen LogP contribution in [0.15, 0.2) is 48.8 Å². The lowest BCUT2D eigenvalue weighted by Gasteiger charge is -2.06. The van der Waals surface area contributed by atoms with Crippen LogP contribution < -0.4 is 5.32 Å². The molecule has 0 unspecified atom stereocenters. The molecule has 19 heavy (non-hydrogen) atoms. The van der Waals surface area contributed by atoms with Crippen molar-refractivity contribution in [1.29, 1.82) is 0 Å². The number of nitrogens with one attached hydrogen (secondary N) is 1. The number of pyridine rings is 1. The first-order valence-electron chi connectivity index (χ1n) is 6.15. The molecule has 0 saturated carbocycles. The van der Waals surface area contributed by atoms with Crippen molar-refractivity contribution in [3.8, 4) is 0 Å². The Bertz CT molecular complexity index is 543. The van der Waals surface area contributed by atoms with E-state index in [-0.39, 0.29) is 11.7 Å². The highest BCUT2D eigenvalue weighted by Crippen LogP contribution is 2.06. The van der Waals surface area contributed by atoms with Gasteiger partial charge in [0.25, 0.3) is 0 Å². The Labute approximate surface area is 111 Å². The van der Waals surface area contributed by atoms with Gasteiger partial charge in [0.15, 0.2) is 0 Å². The summed E-state index contributed by atoms with van der Waals surface area (Å²) in [6.45, 7) is 0.431. The fourth-order valence-corrected chi connectivity index (χ4v) is 1.79. The minimum atomic E-state index is -0.232. The maximum absolute atomic E-state index is 13.3. The molecular formula is C15H15FN2O. The zero-order valence-electron chi connectivity index (χ0n) is 10.5. The molecule has 2 aromatic rings. The van der Waals surface area contributed by atoms with Crippen molar-refractivity contribution >= 4 is 5.91 Å². The molecule has 0 spiro atoms. The maximum atomic E-state index is 13.3. The summed E-state index contributed by atoms with van der Waals surface area (Å²) in [5.41, 5.74) is 1.48. The number of halogens is 1. The summed E-state index contributed by atoms with van der Waals surface area (Å²) in [6.07, 6.45) is 4.12. The van der Waals surface area contributed by atoms with Crippen LogP contribution in [0.4, 0.5) is 4.39 Å². The van der Waals surface area contributed by atoms with Gasteiger partial charge >= 0.3 is 0 Å². The van der Waals surface area contributed by atoms with Gasteiger partial charge in [0.2, 0.25) is 5.91 Å². The summed E-state index contributed by atoms with van der Waals surface area (Å²) in [4.78, 5) is 15.6. The maximum Gasteiger partial charge on any atom is 0.224 e. The fraction of sp³-hybridized carbons (Fsp3) is 0.200. The summed E-state index contributed by atoms with van der Waals surface area (Å²) in [7, 11) is 0. The van der Waals surface area contributed by atoms with Gasteiger partial charge in [0.1, 0.15) is 5.82 Å². The van der Waals surface area contributed by atoms with Crippen molar-refractivity contribution in [2.75, 3.05) is 6.54 Å². The first-order chi connectivity index (χ1) is 9.25. The molecule has 0 bridgehead atoms. The number of nitrogens with zero attached hydrogens (tertiary/aromatic N) is 1. The van der Waals surface area contributed by atoms with Crippen molar-refractivity contribution < 1.29 is 9.18 Å². The number of amides is 1. The summed E-state index contributed by atoms with van der Waals surface area (Å²) in [6, 6.07) is 10.2. The molecule has 0 saturated heterocycles. The van der Waals surface area contributed by atoms with Crippen LogP contribution in [0.2, 0.25) is 0 Å². The van der Waals surface area contributed by atoms with E-state index in [0.29, 0.717) is 24.9 Å². The highest BCUT2D eigenvalue weighted by Gasteiger charge is 2.04. The Morgan fingerprint density at radius 2 is 2.05 bits per heavy atom. The molecule has 1 N–H and O–H groups in total. The van der Waals surface area contributed by atoms with Crippen molar-refractivity contribution in [3.63, 3.8) is 0 Å². The highest BCUT2D eigenvalue weighted by molar-refractivity contribution is 5.78. The normalized spacial score (nSPS) is 10.2. The number of carbonyl (C=O) groups excluding carboxylic acids is 1. The molecule has 0 fully saturated rings. The van der Waals surface area contributed by atoms with E-state index in [1.807, 2.05) is 6.07 Å². The molecule has 2 rings (SSSR count). The summed E-state index contributed by atoms with van der Waals surface area (Å²) < 4.78 is 13.3. The average Bonchev–Trinajstić information content (AvgIpc) is 2.42. The number of hydrogen-bond acceptors (Lipinski definition) is 2. The van der Waals surface area contributed by atoms with E-state index >= 15 is 0 Å². The molecule has 0 aliphatic heterocycles. The first kappa shape index (κ1) is 13.2. The van der Waals surface area contributed by atoms with E-state index in [4.69, 9.17) is 0 Å². The zero-order valence-corrected chi connectivity index (χ0v) is 10.5. The lowest BCUT2D eigenvalue weighted by molar-refractivity contribution is -0.120. The molecule has 1 aromatic heterocycles. The molecule has 1 amide bonds. The van der Waals surface area contributed by atoms with Crippen LogP contribution >= 0.6 is 0 Å². The lowest BCUT2D eigenvalue weighted by atomic mass is 10.1. The second-order valence-electron chi connectivity index (χ2n) is 4.23. The molecule has 98 valence electrons. The Balaban J connectivity index is 1.77. The van der Waals surface area contributed by atoms with Gasteiger partial charge in [0, 0.05) is 18.9 Å². The van der Waals surface area contributed by atoms with Gasteiger partial charge in [-0.05, 0) is 29.7 Å². The van der Waals surface area contributed by atoms with Gasteiger partial charge in [0.05, 0.1) is 6.42 Å². The standard InChI is InChI=1S/C15H15FN2O/c16-14-6-2-1-5-13(14)7-9-18-15(19)10-12-4-3-8-17-11-12/h1-6,8,11H,7,9-10H2,(H,18,19). The van der Waals surface area contributed by atoms with Crippen LogP contribution in [0.1, 0.15) is 11.1 Å². The van der Waals surface area contributed by atoms with Crippen molar-refractivity contribution in [1.82, 2.24) is 10.3 Å². The van der Waals surface area contributed by atoms with Crippen LogP contribution in [0.25, 0.3) is 0 Å². The third-order valence-corrected chi connectivity index (χ3v) is 2.76. The molecule has 0 aliphatic carbocycles.